The summed E-state index contributed by atoms with van der Waals surface area (Å²) in [6, 6.07) is 0. The van der Waals surface area contributed by atoms with Gasteiger partial charge in [0.2, 0.25) is 0 Å². The molecule has 1 aromatic heterocycles. The van der Waals surface area contributed by atoms with Crippen molar-refractivity contribution in [1.29, 1.82) is 0 Å². The summed E-state index contributed by atoms with van der Waals surface area (Å²) in [4.78, 5) is 0. The molecule has 0 bridgehead atoms. The number of hydrogen-bond donors (Lipinski definition) is 2. The standard InChI is InChI=1S/C10H17N3/c1-3-7(4-2)9-8-5-6-11-10(8)13-12-9/h7H,3-6H2,1-2H3,(H2,11,12,13). The zero-order chi connectivity index (χ0) is 9.26. The van der Waals surface area contributed by atoms with Crippen LogP contribution in [0, 0.1) is 0 Å². The van der Waals surface area contributed by atoms with Crippen LogP contribution in [0.2, 0.25) is 0 Å². The molecule has 2 heterocycles. The maximum absolute atomic E-state index is 4.28. The van der Waals surface area contributed by atoms with E-state index < -0.39 is 0 Å². The molecule has 13 heavy (non-hydrogen) atoms. The zero-order valence-electron chi connectivity index (χ0n) is 8.35. The fraction of sp³-hybridized carbons (Fsp3) is 0.700. The van der Waals surface area contributed by atoms with Crippen LogP contribution in [0.5, 0.6) is 0 Å². The summed E-state index contributed by atoms with van der Waals surface area (Å²) in [5.41, 5.74) is 2.79. The molecule has 0 atom stereocenters. The second-order valence-corrected chi connectivity index (χ2v) is 3.65. The van der Waals surface area contributed by atoms with Gasteiger partial charge in [-0.25, -0.2) is 0 Å². The van der Waals surface area contributed by atoms with Gasteiger partial charge in [0.25, 0.3) is 0 Å². The molecule has 2 rings (SSSR count). The first-order valence-electron chi connectivity index (χ1n) is 5.17. The number of aromatic nitrogens is 2. The third-order valence-corrected chi connectivity index (χ3v) is 2.96. The Hall–Kier alpha value is -0.990. The van der Waals surface area contributed by atoms with Gasteiger partial charge in [-0.3, -0.25) is 5.10 Å². The molecule has 0 saturated carbocycles. The van der Waals surface area contributed by atoms with Crippen molar-refractivity contribution in [2.24, 2.45) is 0 Å². The molecule has 0 aliphatic carbocycles. The van der Waals surface area contributed by atoms with Crippen LogP contribution in [0.3, 0.4) is 0 Å². The predicted molar refractivity (Wildman–Crippen MR) is 54.1 cm³/mol. The summed E-state index contributed by atoms with van der Waals surface area (Å²) in [6.45, 7) is 5.53. The number of rotatable bonds is 3. The number of H-pyrrole nitrogens is 1. The maximum atomic E-state index is 4.28. The monoisotopic (exact) mass is 179 g/mol. The predicted octanol–water partition coefficient (Wildman–Crippen LogP) is 2.28. The van der Waals surface area contributed by atoms with Gasteiger partial charge < -0.3 is 5.32 Å². The average Bonchev–Trinajstić information content (AvgIpc) is 2.70. The quantitative estimate of drug-likeness (QED) is 0.747. The van der Waals surface area contributed by atoms with Gasteiger partial charge in [0.05, 0.1) is 0 Å². The number of nitrogens with zero attached hydrogens (tertiary/aromatic N) is 1. The van der Waals surface area contributed by atoms with E-state index in [-0.39, 0.29) is 0 Å². The van der Waals surface area contributed by atoms with Crippen molar-refractivity contribution in [3.05, 3.63) is 11.3 Å². The smallest absolute Gasteiger partial charge is 0.151 e. The maximum Gasteiger partial charge on any atom is 0.151 e. The highest BCUT2D eigenvalue weighted by atomic mass is 15.2. The van der Waals surface area contributed by atoms with Gasteiger partial charge in [-0.15, -0.1) is 0 Å². The molecule has 1 aromatic rings. The number of fused-ring (bicyclic) bond motifs is 1. The molecular formula is C10H17N3. The molecule has 3 nitrogen and oxygen atoms in total. The number of aromatic amines is 1. The Morgan fingerprint density at radius 3 is 2.85 bits per heavy atom. The van der Waals surface area contributed by atoms with Crippen molar-refractivity contribution >= 4 is 5.82 Å². The first-order valence-corrected chi connectivity index (χ1v) is 5.17. The molecule has 1 aliphatic rings. The Balaban J connectivity index is 2.29. The van der Waals surface area contributed by atoms with Crippen molar-refractivity contribution < 1.29 is 0 Å². The highest BCUT2D eigenvalue weighted by Crippen LogP contribution is 2.31. The molecule has 0 spiro atoms. The van der Waals surface area contributed by atoms with E-state index in [4.69, 9.17) is 0 Å². The van der Waals surface area contributed by atoms with Crippen LogP contribution in [0.1, 0.15) is 43.9 Å². The van der Waals surface area contributed by atoms with E-state index >= 15 is 0 Å². The minimum absolute atomic E-state index is 0.663. The van der Waals surface area contributed by atoms with E-state index in [0.717, 1.165) is 18.8 Å². The van der Waals surface area contributed by atoms with Crippen LogP contribution in [-0.4, -0.2) is 16.7 Å². The fourth-order valence-corrected chi connectivity index (χ4v) is 2.12. The highest BCUT2D eigenvalue weighted by molar-refractivity contribution is 5.51. The van der Waals surface area contributed by atoms with Crippen LogP contribution in [-0.2, 0) is 6.42 Å². The molecule has 0 unspecified atom stereocenters. The minimum atomic E-state index is 0.663. The van der Waals surface area contributed by atoms with Gasteiger partial charge in [-0.1, -0.05) is 13.8 Å². The Bertz CT molecular complexity index is 286. The summed E-state index contributed by atoms with van der Waals surface area (Å²) >= 11 is 0. The summed E-state index contributed by atoms with van der Waals surface area (Å²) in [5, 5.41) is 10.7. The second-order valence-electron chi connectivity index (χ2n) is 3.65. The van der Waals surface area contributed by atoms with E-state index in [2.05, 4.69) is 29.4 Å². The van der Waals surface area contributed by atoms with Crippen molar-refractivity contribution in [3.63, 3.8) is 0 Å². The second kappa shape index (κ2) is 3.40. The number of nitrogens with one attached hydrogen (secondary N) is 2. The SMILES string of the molecule is CCC(CC)c1[nH]nc2c1CCN2. The molecule has 0 saturated heterocycles. The Labute approximate surface area is 78.9 Å². The Kier molecular flexibility index (Phi) is 2.25. The molecule has 2 N–H and O–H groups in total. The molecule has 0 radical (unpaired) electrons. The van der Waals surface area contributed by atoms with Gasteiger partial charge in [-0.2, -0.15) is 5.10 Å². The van der Waals surface area contributed by atoms with E-state index in [1.165, 1.54) is 24.1 Å². The van der Waals surface area contributed by atoms with Crippen LogP contribution >= 0.6 is 0 Å². The molecular weight excluding hydrogens is 162 g/mol. The lowest BCUT2D eigenvalue weighted by molar-refractivity contribution is 0.615. The Morgan fingerprint density at radius 2 is 2.15 bits per heavy atom. The molecule has 3 heteroatoms. The minimum Gasteiger partial charge on any atom is -0.368 e. The third-order valence-electron chi connectivity index (χ3n) is 2.96. The van der Waals surface area contributed by atoms with Crippen LogP contribution in [0.25, 0.3) is 0 Å². The van der Waals surface area contributed by atoms with Gasteiger partial charge >= 0.3 is 0 Å². The van der Waals surface area contributed by atoms with Gasteiger partial charge in [0.1, 0.15) is 0 Å². The van der Waals surface area contributed by atoms with Crippen molar-refractivity contribution in [2.45, 2.75) is 39.0 Å². The lowest BCUT2D eigenvalue weighted by Gasteiger charge is -2.10. The van der Waals surface area contributed by atoms with E-state index in [1.54, 1.807) is 0 Å². The molecule has 0 amide bonds. The zero-order valence-corrected chi connectivity index (χ0v) is 8.35. The molecule has 0 aromatic carbocycles. The summed E-state index contributed by atoms with van der Waals surface area (Å²) in [6.07, 6.45) is 3.54. The van der Waals surface area contributed by atoms with Crippen LogP contribution in [0.15, 0.2) is 0 Å². The van der Waals surface area contributed by atoms with Crippen LogP contribution < -0.4 is 5.32 Å². The van der Waals surface area contributed by atoms with Gasteiger partial charge in [-0.05, 0) is 19.3 Å². The number of hydrogen-bond acceptors (Lipinski definition) is 2. The van der Waals surface area contributed by atoms with E-state index in [1.807, 2.05) is 0 Å². The average molecular weight is 179 g/mol. The van der Waals surface area contributed by atoms with Gasteiger partial charge in [0.15, 0.2) is 5.82 Å². The molecule has 72 valence electrons. The molecule has 0 fully saturated rings. The van der Waals surface area contributed by atoms with Gasteiger partial charge in [0, 0.05) is 23.7 Å². The summed E-state index contributed by atoms with van der Waals surface area (Å²) in [5.74, 6) is 1.75. The summed E-state index contributed by atoms with van der Waals surface area (Å²) in [7, 11) is 0. The van der Waals surface area contributed by atoms with Crippen molar-refractivity contribution in [2.75, 3.05) is 11.9 Å². The van der Waals surface area contributed by atoms with Crippen molar-refractivity contribution in [1.82, 2.24) is 10.2 Å². The first kappa shape index (κ1) is 8.60. The molecule has 1 aliphatic heterocycles. The lowest BCUT2D eigenvalue weighted by Crippen LogP contribution is -2.01. The van der Waals surface area contributed by atoms with E-state index in [9.17, 15) is 0 Å². The van der Waals surface area contributed by atoms with E-state index in [0.29, 0.717) is 5.92 Å². The third kappa shape index (κ3) is 1.32. The largest absolute Gasteiger partial charge is 0.368 e. The Morgan fingerprint density at radius 1 is 1.38 bits per heavy atom. The first-order chi connectivity index (χ1) is 6.36. The highest BCUT2D eigenvalue weighted by Gasteiger charge is 2.21. The van der Waals surface area contributed by atoms with Crippen LogP contribution in [0.4, 0.5) is 5.82 Å². The normalized spacial score (nSPS) is 14.7. The lowest BCUT2D eigenvalue weighted by atomic mass is 9.96. The van der Waals surface area contributed by atoms with Crippen molar-refractivity contribution in [3.8, 4) is 0 Å². The summed E-state index contributed by atoms with van der Waals surface area (Å²) < 4.78 is 0. The fourth-order valence-electron chi connectivity index (χ4n) is 2.12. The topological polar surface area (TPSA) is 40.7 Å². The number of anilines is 1.